The predicted molar refractivity (Wildman–Crippen MR) is 117 cm³/mol. The highest BCUT2D eigenvalue weighted by Gasteiger charge is 2.17. The summed E-state index contributed by atoms with van der Waals surface area (Å²) in [5.41, 5.74) is 4.28. The van der Waals surface area contributed by atoms with Crippen molar-refractivity contribution < 1.29 is 4.79 Å². The Kier molecular flexibility index (Phi) is 5.13. The standard InChI is InChI=1S/C22H20ClN5O2/c1-13-4-9-18(10-14(13)2)28-21-19(11-24-28)15(3)26-27(22(21)30)12-20(29)25-17-7-5-16(23)6-8-17/h4-11H,12H2,1-3H3,(H,25,29). The number of amides is 1. The molecule has 0 spiro atoms. The lowest BCUT2D eigenvalue weighted by Crippen LogP contribution is -2.31. The van der Waals surface area contributed by atoms with Gasteiger partial charge in [-0.25, -0.2) is 9.36 Å². The summed E-state index contributed by atoms with van der Waals surface area (Å²) in [6.07, 6.45) is 1.63. The third-order valence-corrected chi connectivity index (χ3v) is 5.28. The van der Waals surface area contributed by atoms with E-state index in [9.17, 15) is 9.59 Å². The fourth-order valence-electron chi connectivity index (χ4n) is 3.25. The fraction of sp³-hybridized carbons (Fsp3) is 0.182. The largest absolute Gasteiger partial charge is 0.324 e. The number of hydrogen-bond acceptors (Lipinski definition) is 4. The van der Waals surface area contributed by atoms with Gasteiger partial charge in [0.25, 0.3) is 5.56 Å². The van der Waals surface area contributed by atoms with Gasteiger partial charge >= 0.3 is 0 Å². The van der Waals surface area contributed by atoms with Crippen LogP contribution in [0.1, 0.15) is 16.8 Å². The van der Waals surface area contributed by atoms with Gasteiger partial charge in [0.05, 0.1) is 17.6 Å². The number of carbonyl (C=O) groups is 1. The Balaban J connectivity index is 1.71. The minimum atomic E-state index is -0.377. The van der Waals surface area contributed by atoms with Crippen LogP contribution in [0.15, 0.2) is 53.5 Å². The maximum atomic E-state index is 13.2. The molecule has 0 radical (unpaired) electrons. The summed E-state index contributed by atoms with van der Waals surface area (Å²) >= 11 is 5.87. The molecule has 0 aliphatic rings. The zero-order valence-electron chi connectivity index (χ0n) is 16.8. The number of aryl methyl sites for hydroxylation is 3. The SMILES string of the molecule is Cc1ccc(-n2ncc3c(C)nn(CC(=O)Nc4ccc(Cl)cc4)c(=O)c32)cc1C. The molecule has 30 heavy (non-hydrogen) atoms. The number of nitrogens with zero attached hydrogens (tertiary/aromatic N) is 4. The number of halogens is 1. The number of rotatable bonds is 4. The van der Waals surface area contributed by atoms with E-state index in [0.717, 1.165) is 16.8 Å². The van der Waals surface area contributed by atoms with Gasteiger partial charge < -0.3 is 5.32 Å². The van der Waals surface area contributed by atoms with Gasteiger partial charge in [0.15, 0.2) is 0 Å². The van der Waals surface area contributed by atoms with E-state index in [-0.39, 0.29) is 18.0 Å². The lowest BCUT2D eigenvalue weighted by Gasteiger charge is -2.10. The molecule has 1 amide bonds. The van der Waals surface area contributed by atoms with Crippen molar-refractivity contribution >= 4 is 34.1 Å². The number of nitrogens with one attached hydrogen (secondary N) is 1. The molecule has 4 aromatic rings. The summed E-state index contributed by atoms with van der Waals surface area (Å²) < 4.78 is 2.77. The molecule has 0 unspecified atom stereocenters. The third-order valence-electron chi connectivity index (χ3n) is 5.02. The summed E-state index contributed by atoms with van der Waals surface area (Å²) in [5, 5.41) is 12.7. The van der Waals surface area contributed by atoms with E-state index in [0.29, 0.717) is 27.3 Å². The van der Waals surface area contributed by atoms with Crippen LogP contribution in [0.2, 0.25) is 5.02 Å². The summed E-state index contributed by atoms with van der Waals surface area (Å²) in [5.74, 6) is -0.358. The second-order valence-electron chi connectivity index (χ2n) is 7.19. The maximum absolute atomic E-state index is 13.2. The molecule has 2 aromatic carbocycles. The zero-order chi connectivity index (χ0) is 21.4. The van der Waals surface area contributed by atoms with Crippen LogP contribution in [0.25, 0.3) is 16.6 Å². The minimum absolute atomic E-state index is 0.212. The Labute approximate surface area is 177 Å². The van der Waals surface area contributed by atoms with Gasteiger partial charge in [-0.15, -0.1) is 0 Å². The molecule has 7 nitrogen and oxygen atoms in total. The molecule has 0 fully saturated rings. The second-order valence-corrected chi connectivity index (χ2v) is 7.63. The smallest absolute Gasteiger partial charge is 0.293 e. The van der Waals surface area contributed by atoms with E-state index < -0.39 is 0 Å². The topological polar surface area (TPSA) is 81.8 Å². The zero-order valence-corrected chi connectivity index (χ0v) is 17.6. The molecule has 1 N–H and O–H groups in total. The van der Waals surface area contributed by atoms with E-state index in [4.69, 9.17) is 11.6 Å². The van der Waals surface area contributed by atoms with Crippen molar-refractivity contribution in [2.75, 3.05) is 5.32 Å². The Morgan fingerprint density at radius 3 is 2.50 bits per heavy atom. The van der Waals surface area contributed by atoms with Crippen molar-refractivity contribution in [3.05, 3.63) is 80.9 Å². The van der Waals surface area contributed by atoms with Crippen molar-refractivity contribution in [3.63, 3.8) is 0 Å². The van der Waals surface area contributed by atoms with Crippen molar-refractivity contribution in [2.24, 2.45) is 0 Å². The molecule has 2 aromatic heterocycles. The number of carbonyl (C=O) groups excluding carboxylic acids is 1. The molecule has 152 valence electrons. The van der Waals surface area contributed by atoms with Crippen LogP contribution in [0.5, 0.6) is 0 Å². The van der Waals surface area contributed by atoms with E-state index in [1.165, 1.54) is 4.68 Å². The molecule has 4 rings (SSSR count). The average Bonchev–Trinajstić information content (AvgIpc) is 3.16. The summed E-state index contributed by atoms with van der Waals surface area (Å²) in [4.78, 5) is 25.6. The third kappa shape index (κ3) is 3.71. The Morgan fingerprint density at radius 1 is 1.07 bits per heavy atom. The quantitative estimate of drug-likeness (QED) is 0.543. The van der Waals surface area contributed by atoms with Gasteiger partial charge in [0, 0.05) is 16.1 Å². The number of benzene rings is 2. The lowest BCUT2D eigenvalue weighted by molar-refractivity contribution is -0.117. The summed E-state index contributed by atoms with van der Waals surface area (Å²) in [6, 6.07) is 12.6. The number of fused-ring (bicyclic) bond motifs is 1. The number of hydrogen-bond donors (Lipinski definition) is 1. The second kappa shape index (κ2) is 7.76. The number of anilines is 1. The minimum Gasteiger partial charge on any atom is -0.324 e. The first-order valence-electron chi connectivity index (χ1n) is 9.42. The van der Waals surface area contributed by atoms with Crippen LogP contribution in [0.4, 0.5) is 5.69 Å². The van der Waals surface area contributed by atoms with Gasteiger partial charge in [-0.3, -0.25) is 9.59 Å². The van der Waals surface area contributed by atoms with Crippen LogP contribution < -0.4 is 10.9 Å². The van der Waals surface area contributed by atoms with Crippen LogP contribution in [-0.2, 0) is 11.3 Å². The highest BCUT2D eigenvalue weighted by atomic mass is 35.5. The lowest BCUT2D eigenvalue weighted by atomic mass is 10.1. The first-order chi connectivity index (χ1) is 14.3. The molecule has 0 aliphatic carbocycles. The summed E-state index contributed by atoms with van der Waals surface area (Å²) in [6.45, 7) is 5.62. The van der Waals surface area contributed by atoms with Crippen molar-refractivity contribution in [3.8, 4) is 5.69 Å². The fourth-order valence-corrected chi connectivity index (χ4v) is 3.38. The van der Waals surface area contributed by atoms with Gasteiger partial charge in [-0.05, 0) is 68.3 Å². The van der Waals surface area contributed by atoms with Crippen molar-refractivity contribution in [1.82, 2.24) is 19.6 Å². The predicted octanol–water partition coefficient (Wildman–Crippen LogP) is 3.80. The Hall–Kier alpha value is -3.45. The highest BCUT2D eigenvalue weighted by Crippen LogP contribution is 2.19. The van der Waals surface area contributed by atoms with Crippen LogP contribution in [0.3, 0.4) is 0 Å². The van der Waals surface area contributed by atoms with Crippen LogP contribution in [-0.4, -0.2) is 25.5 Å². The molecule has 0 saturated carbocycles. The summed E-state index contributed by atoms with van der Waals surface area (Å²) in [7, 11) is 0. The van der Waals surface area contributed by atoms with Crippen molar-refractivity contribution in [1.29, 1.82) is 0 Å². The number of aromatic nitrogens is 4. The molecule has 2 heterocycles. The van der Waals surface area contributed by atoms with Crippen LogP contribution >= 0.6 is 11.6 Å². The van der Waals surface area contributed by atoms with Gasteiger partial charge in [-0.2, -0.15) is 10.2 Å². The molecule has 8 heteroatoms. The molecule has 0 aliphatic heterocycles. The first-order valence-corrected chi connectivity index (χ1v) is 9.80. The highest BCUT2D eigenvalue weighted by molar-refractivity contribution is 6.30. The Morgan fingerprint density at radius 2 is 1.80 bits per heavy atom. The van der Waals surface area contributed by atoms with E-state index >= 15 is 0 Å². The van der Waals surface area contributed by atoms with E-state index in [2.05, 4.69) is 15.5 Å². The molecular formula is C22H20ClN5O2. The van der Waals surface area contributed by atoms with E-state index in [1.807, 2.05) is 32.0 Å². The molecule has 0 saturated heterocycles. The first kappa shape index (κ1) is 19.8. The van der Waals surface area contributed by atoms with Gasteiger partial charge in [0.2, 0.25) is 5.91 Å². The average molecular weight is 422 g/mol. The van der Waals surface area contributed by atoms with Gasteiger partial charge in [-0.1, -0.05) is 17.7 Å². The normalized spacial score (nSPS) is 11.1. The Bertz CT molecular complexity index is 1320. The maximum Gasteiger partial charge on any atom is 0.293 e. The monoisotopic (exact) mass is 421 g/mol. The molecule has 0 atom stereocenters. The van der Waals surface area contributed by atoms with Crippen molar-refractivity contribution in [2.45, 2.75) is 27.3 Å². The van der Waals surface area contributed by atoms with E-state index in [1.54, 1.807) is 42.1 Å². The molecule has 0 bridgehead atoms. The van der Waals surface area contributed by atoms with Gasteiger partial charge in [0.1, 0.15) is 12.1 Å². The molecular weight excluding hydrogens is 402 g/mol. The van der Waals surface area contributed by atoms with Crippen LogP contribution in [0, 0.1) is 20.8 Å².